The van der Waals surface area contributed by atoms with Gasteiger partial charge < -0.3 is 5.32 Å². The Balaban J connectivity index is 1.49. The number of thiazole rings is 1. The Bertz CT molecular complexity index is 799. The molecule has 130 valence electrons. The molecule has 5 heteroatoms. The molecule has 1 N–H and O–H groups in total. The SMILES string of the molecule is CC(=O)c1sc(NC(=O)C[C@H]2C[C@H]3CC[C@H]2C3)nc1-c1ccccc1. The van der Waals surface area contributed by atoms with Crippen molar-refractivity contribution < 1.29 is 9.59 Å². The topological polar surface area (TPSA) is 59.1 Å². The van der Waals surface area contributed by atoms with E-state index in [2.05, 4.69) is 10.3 Å². The van der Waals surface area contributed by atoms with Crippen LogP contribution in [-0.4, -0.2) is 16.7 Å². The number of rotatable bonds is 5. The number of Topliss-reactive ketones (excluding diaryl/α,β-unsaturated/α-hetero) is 1. The first-order valence-electron chi connectivity index (χ1n) is 8.97. The van der Waals surface area contributed by atoms with Crippen molar-refractivity contribution in [3.8, 4) is 11.3 Å². The molecule has 0 spiro atoms. The molecular weight excluding hydrogens is 332 g/mol. The number of fused-ring (bicyclic) bond motifs is 2. The van der Waals surface area contributed by atoms with Crippen molar-refractivity contribution in [3.05, 3.63) is 35.2 Å². The highest BCUT2D eigenvalue weighted by Crippen LogP contribution is 2.49. The van der Waals surface area contributed by atoms with E-state index in [0.717, 1.165) is 17.4 Å². The summed E-state index contributed by atoms with van der Waals surface area (Å²) >= 11 is 1.27. The van der Waals surface area contributed by atoms with Crippen LogP contribution in [0.5, 0.6) is 0 Å². The molecule has 1 heterocycles. The van der Waals surface area contributed by atoms with E-state index >= 15 is 0 Å². The molecule has 25 heavy (non-hydrogen) atoms. The normalized spacial score (nSPS) is 24.4. The maximum atomic E-state index is 12.4. The molecule has 3 atom stereocenters. The predicted molar refractivity (Wildman–Crippen MR) is 99.7 cm³/mol. The molecule has 4 nitrogen and oxygen atoms in total. The van der Waals surface area contributed by atoms with Crippen molar-refractivity contribution in [1.82, 2.24) is 4.98 Å². The average molecular weight is 354 g/mol. The number of nitrogens with one attached hydrogen (secondary N) is 1. The first-order valence-corrected chi connectivity index (χ1v) is 9.79. The quantitative estimate of drug-likeness (QED) is 0.786. The Labute approximate surface area is 151 Å². The molecule has 0 aliphatic heterocycles. The lowest BCUT2D eigenvalue weighted by Gasteiger charge is -2.20. The summed E-state index contributed by atoms with van der Waals surface area (Å²) in [5.74, 6) is 2.11. The standard InChI is InChI=1S/C20H22N2O2S/c1-12(23)19-18(14-5-3-2-4-6-14)22-20(25-19)21-17(24)11-16-10-13-7-8-15(16)9-13/h2-6,13,15-16H,7-11H2,1H3,(H,21,22,24)/t13-,15-,16+/m0/s1. The Morgan fingerprint density at radius 3 is 2.64 bits per heavy atom. The highest BCUT2D eigenvalue weighted by Gasteiger charge is 2.40. The summed E-state index contributed by atoms with van der Waals surface area (Å²) in [7, 11) is 0. The predicted octanol–water partition coefficient (Wildman–Crippen LogP) is 4.78. The number of hydrogen-bond acceptors (Lipinski definition) is 4. The average Bonchev–Trinajstić information content (AvgIpc) is 3.30. The minimum absolute atomic E-state index is 0.0232. The Hall–Kier alpha value is -2.01. The maximum Gasteiger partial charge on any atom is 0.226 e. The van der Waals surface area contributed by atoms with Crippen LogP contribution >= 0.6 is 11.3 Å². The molecule has 4 rings (SSSR count). The second kappa shape index (κ2) is 6.71. The number of hydrogen-bond donors (Lipinski definition) is 1. The van der Waals surface area contributed by atoms with E-state index in [-0.39, 0.29) is 11.7 Å². The minimum Gasteiger partial charge on any atom is -0.302 e. The van der Waals surface area contributed by atoms with E-state index in [9.17, 15) is 9.59 Å². The summed E-state index contributed by atoms with van der Waals surface area (Å²) in [4.78, 5) is 29.5. The van der Waals surface area contributed by atoms with E-state index in [1.807, 2.05) is 30.3 Å². The van der Waals surface area contributed by atoms with Gasteiger partial charge in [-0.05, 0) is 37.0 Å². The van der Waals surface area contributed by atoms with Gasteiger partial charge in [0.2, 0.25) is 5.91 Å². The first-order chi connectivity index (χ1) is 12.1. The fourth-order valence-electron chi connectivity index (χ4n) is 4.44. The van der Waals surface area contributed by atoms with Gasteiger partial charge in [-0.25, -0.2) is 4.98 Å². The van der Waals surface area contributed by atoms with Gasteiger partial charge in [0, 0.05) is 18.9 Å². The molecule has 2 aromatic rings. The van der Waals surface area contributed by atoms with E-state index in [4.69, 9.17) is 0 Å². The summed E-state index contributed by atoms with van der Waals surface area (Å²) < 4.78 is 0. The number of carbonyl (C=O) groups excluding carboxylic acids is 2. The van der Waals surface area contributed by atoms with Gasteiger partial charge in [-0.1, -0.05) is 48.1 Å². The number of carbonyl (C=O) groups is 2. The van der Waals surface area contributed by atoms with Gasteiger partial charge in [-0.2, -0.15) is 0 Å². The number of anilines is 1. The van der Waals surface area contributed by atoms with Crippen molar-refractivity contribution in [3.63, 3.8) is 0 Å². The van der Waals surface area contributed by atoms with Gasteiger partial charge in [0.1, 0.15) is 0 Å². The molecule has 2 fully saturated rings. The van der Waals surface area contributed by atoms with Crippen LogP contribution in [0, 0.1) is 17.8 Å². The highest BCUT2D eigenvalue weighted by molar-refractivity contribution is 7.18. The Morgan fingerprint density at radius 1 is 1.20 bits per heavy atom. The summed E-state index contributed by atoms with van der Waals surface area (Å²) in [5, 5.41) is 3.46. The maximum absolute atomic E-state index is 12.4. The van der Waals surface area contributed by atoms with Crippen LogP contribution in [0.2, 0.25) is 0 Å². The fraction of sp³-hybridized carbons (Fsp3) is 0.450. The highest BCUT2D eigenvalue weighted by atomic mass is 32.1. The summed E-state index contributed by atoms with van der Waals surface area (Å²) in [6, 6.07) is 9.64. The van der Waals surface area contributed by atoms with Gasteiger partial charge in [0.15, 0.2) is 10.9 Å². The lowest BCUT2D eigenvalue weighted by atomic mass is 9.86. The number of amides is 1. The minimum atomic E-state index is -0.0232. The van der Waals surface area contributed by atoms with Crippen LogP contribution in [0.4, 0.5) is 5.13 Å². The molecule has 1 amide bonds. The Kier molecular flexibility index (Phi) is 4.42. The molecule has 2 saturated carbocycles. The smallest absolute Gasteiger partial charge is 0.226 e. The number of ketones is 1. The molecule has 2 aliphatic rings. The van der Waals surface area contributed by atoms with Crippen LogP contribution in [0.3, 0.4) is 0 Å². The van der Waals surface area contributed by atoms with Gasteiger partial charge in [0.25, 0.3) is 0 Å². The largest absolute Gasteiger partial charge is 0.302 e. The van der Waals surface area contributed by atoms with Crippen molar-refractivity contribution in [2.45, 2.75) is 39.0 Å². The lowest BCUT2D eigenvalue weighted by molar-refractivity contribution is -0.117. The molecular formula is C20H22N2O2S. The zero-order valence-corrected chi connectivity index (χ0v) is 15.1. The van der Waals surface area contributed by atoms with Crippen LogP contribution in [-0.2, 0) is 4.79 Å². The van der Waals surface area contributed by atoms with Crippen molar-refractivity contribution in [2.24, 2.45) is 17.8 Å². The van der Waals surface area contributed by atoms with Gasteiger partial charge in [-0.3, -0.25) is 9.59 Å². The summed E-state index contributed by atoms with van der Waals surface area (Å²) in [6.45, 7) is 1.54. The number of aromatic nitrogens is 1. The second-order valence-corrected chi connectivity index (χ2v) is 8.31. The van der Waals surface area contributed by atoms with E-state index in [1.165, 1.54) is 37.0 Å². The van der Waals surface area contributed by atoms with E-state index < -0.39 is 0 Å². The molecule has 0 unspecified atom stereocenters. The molecule has 2 bridgehead atoms. The molecule has 1 aromatic heterocycles. The monoisotopic (exact) mass is 354 g/mol. The molecule has 2 aliphatic carbocycles. The van der Waals surface area contributed by atoms with Gasteiger partial charge in [0.05, 0.1) is 10.6 Å². The first kappa shape index (κ1) is 16.5. The van der Waals surface area contributed by atoms with E-state index in [0.29, 0.717) is 28.0 Å². The zero-order valence-electron chi connectivity index (χ0n) is 14.3. The van der Waals surface area contributed by atoms with Crippen molar-refractivity contribution in [2.75, 3.05) is 5.32 Å². The van der Waals surface area contributed by atoms with Crippen LogP contribution in [0.1, 0.15) is 48.7 Å². The molecule has 0 saturated heterocycles. The lowest BCUT2D eigenvalue weighted by Crippen LogP contribution is -2.20. The summed E-state index contributed by atoms with van der Waals surface area (Å²) in [5.41, 5.74) is 1.56. The van der Waals surface area contributed by atoms with Gasteiger partial charge >= 0.3 is 0 Å². The van der Waals surface area contributed by atoms with Crippen LogP contribution < -0.4 is 5.32 Å². The third kappa shape index (κ3) is 3.38. The van der Waals surface area contributed by atoms with Gasteiger partial charge in [-0.15, -0.1) is 0 Å². The third-order valence-corrected chi connectivity index (χ3v) is 6.64. The van der Waals surface area contributed by atoms with E-state index in [1.54, 1.807) is 6.92 Å². The van der Waals surface area contributed by atoms with Crippen molar-refractivity contribution >= 4 is 28.2 Å². The number of benzene rings is 1. The van der Waals surface area contributed by atoms with Crippen LogP contribution in [0.15, 0.2) is 30.3 Å². The Morgan fingerprint density at radius 2 is 2.00 bits per heavy atom. The molecule has 1 aromatic carbocycles. The summed E-state index contributed by atoms with van der Waals surface area (Å²) in [6.07, 6.45) is 5.72. The fourth-order valence-corrected chi connectivity index (χ4v) is 5.34. The second-order valence-electron chi connectivity index (χ2n) is 7.31. The van der Waals surface area contributed by atoms with Crippen molar-refractivity contribution in [1.29, 1.82) is 0 Å². The zero-order chi connectivity index (χ0) is 17.4. The molecule has 0 radical (unpaired) electrons. The third-order valence-electron chi connectivity index (χ3n) is 5.57. The van der Waals surface area contributed by atoms with Crippen LogP contribution in [0.25, 0.3) is 11.3 Å². The number of nitrogens with zero attached hydrogens (tertiary/aromatic N) is 1.